The molecule has 0 rings (SSSR count). The molecule has 4 heteroatoms. The van der Waals surface area contributed by atoms with Crippen LogP contribution in [-0.2, 0) is 4.79 Å². The summed E-state index contributed by atoms with van der Waals surface area (Å²) in [4.78, 5) is 10.6. The molecule has 0 aliphatic heterocycles. The van der Waals surface area contributed by atoms with Crippen LogP contribution in [0.5, 0.6) is 0 Å². The number of aliphatic hydroxyl groups excluding tert-OH is 1. The van der Waals surface area contributed by atoms with Crippen LogP contribution < -0.4 is 11.1 Å². The first-order chi connectivity index (χ1) is 4.59. The first-order valence-electron chi connectivity index (χ1n) is 3.23. The Morgan fingerprint density at radius 3 is 2.30 bits per heavy atom. The molecule has 0 aliphatic carbocycles. The van der Waals surface area contributed by atoms with Gasteiger partial charge in [0.15, 0.2) is 0 Å². The summed E-state index contributed by atoms with van der Waals surface area (Å²) in [5, 5.41) is 11.0. The number of rotatable bonds is 4. The number of hydrogen-bond donors (Lipinski definition) is 3. The zero-order chi connectivity index (χ0) is 8.15. The Morgan fingerprint density at radius 2 is 2.20 bits per heavy atom. The molecule has 0 aromatic rings. The molecule has 0 radical (unpaired) electrons. The summed E-state index contributed by atoms with van der Waals surface area (Å²) in [5.41, 5.74) is 5.01. The summed E-state index contributed by atoms with van der Waals surface area (Å²) in [6.07, 6.45) is 0. The maximum atomic E-state index is 10.6. The third-order valence-corrected chi connectivity index (χ3v) is 1.28. The van der Waals surface area contributed by atoms with E-state index in [2.05, 4.69) is 5.32 Å². The minimum absolute atomic E-state index is 0.115. The molecule has 0 saturated heterocycles. The van der Waals surface area contributed by atoms with Gasteiger partial charge >= 0.3 is 0 Å². The third kappa shape index (κ3) is 2.80. The second kappa shape index (κ2) is 4.24. The standard InChI is InChI=1S/C6H14N2O2/c1-4(2)5(6(7)10)8-3-9/h4-5,8-9H,3H2,1-2H3,(H2,7,10)/t5-/m0/s1. The van der Waals surface area contributed by atoms with Crippen molar-refractivity contribution in [1.82, 2.24) is 5.32 Å². The summed E-state index contributed by atoms with van der Waals surface area (Å²) in [7, 11) is 0. The van der Waals surface area contributed by atoms with Crippen LogP contribution in [0.3, 0.4) is 0 Å². The predicted molar refractivity (Wildman–Crippen MR) is 38.0 cm³/mol. The molecular formula is C6H14N2O2. The number of nitrogens with two attached hydrogens (primary N) is 1. The second-order valence-corrected chi connectivity index (χ2v) is 2.49. The lowest BCUT2D eigenvalue weighted by Gasteiger charge is -2.16. The molecule has 0 unspecified atom stereocenters. The number of carbonyl (C=O) groups excluding carboxylic acids is 1. The van der Waals surface area contributed by atoms with Gasteiger partial charge in [0, 0.05) is 0 Å². The van der Waals surface area contributed by atoms with Crippen molar-refractivity contribution in [3.63, 3.8) is 0 Å². The Bertz CT molecular complexity index is 114. The van der Waals surface area contributed by atoms with Crippen molar-refractivity contribution < 1.29 is 9.90 Å². The lowest BCUT2D eigenvalue weighted by Crippen LogP contribution is -2.45. The maximum absolute atomic E-state index is 10.6. The van der Waals surface area contributed by atoms with E-state index in [1.807, 2.05) is 13.8 Å². The van der Waals surface area contributed by atoms with Gasteiger partial charge in [0.25, 0.3) is 0 Å². The molecule has 0 aromatic carbocycles. The van der Waals surface area contributed by atoms with Gasteiger partial charge in [-0.15, -0.1) is 0 Å². The molecule has 1 atom stereocenters. The van der Waals surface area contributed by atoms with E-state index in [-0.39, 0.29) is 12.6 Å². The van der Waals surface area contributed by atoms with Gasteiger partial charge in [0.05, 0.1) is 12.8 Å². The van der Waals surface area contributed by atoms with E-state index in [1.165, 1.54) is 0 Å². The van der Waals surface area contributed by atoms with Crippen molar-refractivity contribution in [3.05, 3.63) is 0 Å². The van der Waals surface area contributed by atoms with Gasteiger partial charge in [-0.1, -0.05) is 13.8 Å². The largest absolute Gasteiger partial charge is 0.381 e. The fourth-order valence-electron chi connectivity index (χ4n) is 0.763. The van der Waals surface area contributed by atoms with Crippen LogP contribution in [0, 0.1) is 5.92 Å². The highest BCUT2D eigenvalue weighted by molar-refractivity contribution is 5.80. The Hall–Kier alpha value is -0.610. The summed E-state index contributed by atoms with van der Waals surface area (Å²) >= 11 is 0. The summed E-state index contributed by atoms with van der Waals surface area (Å²) in [6, 6.07) is -0.426. The highest BCUT2D eigenvalue weighted by Gasteiger charge is 2.17. The molecule has 60 valence electrons. The molecule has 0 heterocycles. The average Bonchev–Trinajstić information content (AvgIpc) is 1.81. The molecule has 0 saturated carbocycles. The molecule has 0 bridgehead atoms. The normalized spacial score (nSPS) is 13.6. The van der Waals surface area contributed by atoms with Crippen molar-refractivity contribution in [2.45, 2.75) is 19.9 Å². The lowest BCUT2D eigenvalue weighted by atomic mass is 10.0. The van der Waals surface area contributed by atoms with Crippen molar-refractivity contribution in [2.24, 2.45) is 11.7 Å². The quantitative estimate of drug-likeness (QED) is 0.447. The van der Waals surface area contributed by atoms with Crippen molar-refractivity contribution in [1.29, 1.82) is 0 Å². The van der Waals surface area contributed by atoms with Crippen molar-refractivity contribution >= 4 is 5.91 Å². The number of amides is 1. The smallest absolute Gasteiger partial charge is 0.234 e. The Kier molecular flexibility index (Phi) is 3.99. The van der Waals surface area contributed by atoms with Crippen LogP contribution in [0.1, 0.15) is 13.8 Å². The van der Waals surface area contributed by atoms with Crippen LogP contribution >= 0.6 is 0 Å². The Labute approximate surface area is 60.4 Å². The molecule has 0 aromatic heterocycles. The molecule has 0 fully saturated rings. The van der Waals surface area contributed by atoms with Crippen LogP contribution in [0.25, 0.3) is 0 Å². The minimum atomic E-state index is -0.427. The van der Waals surface area contributed by atoms with Gasteiger partial charge < -0.3 is 10.8 Å². The van der Waals surface area contributed by atoms with Gasteiger partial charge in [-0.2, -0.15) is 0 Å². The van der Waals surface area contributed by atoms with Gasteiger partial charge in [-0.05, 0) is 5.92 Å². The van der Waals surface area contributed by atoms with E-state index in [0.717, 1.165) is 0 Å². The SMILES string of the molecule is CC(C)[C@H](NCO)C(N)=O. The second-order valence-electron chi connectivity index (χ2n) is 2.49. The van der Waals surface area contributed by atoms with E-state index in [1.54, 1.807) is 0 Å². The van der Waals surface area contributed by atoms with Crippen molar-refractivity contribution in [3.8, 4) is 0 Å². The first-order valence-corrected chi connectivity index (χ1v) is 3.23. The highest BCUT2D eigenvalue weighted by atomic mass is 16.3. The summed E-state index contributed by atoms with van der Waals surface area (Å²) in [6.45, 7) is 3.50. The van der Waals surface area contributed by atoms with Crippen LogP contribution in [0.2, 0.25) is 0 Å². The van der Waals surface area contributed by atoms with E-state index < -0.39 is 11.9 Å². The topological polar surface area (TPSA) is 75.3 Å². The lowest BCUT2D eigenvalue weighted by molar-refractivity contribution is -0.121. The maximum Gasteiger partial charge on any atom is 0.234 e. The molecule has 4 nitrogen and oxygen atoms in total. The molecular weight excluding hydrogens is 132 g/mol. The minimum Gasteiger partial charge on any atom is -0.381 e. The summed E-state index contributed by atoms with van der Waals surface area (Å²) < 4.78 is 0. The van der Waals surface area contributed by atoms with Gasteiger partial charge in [0.2, 0.25) is 5.91 Å². The van der Waals surface area contributed by atoms with Gasteiger partial charge in [0.1, 0.15) is 0 Å². The van der Waals surface area contributed by atoms with E-state index >= 15 is 0 Å². The van der Waals surface area contributed by atoms with Crippen LogP contribution in [-0.4, -0.2) is 23.8 Å². The first kappa shape index (κ1) is 9.39. The average molecular weight is 146 g/mol. The number of nitrogens with one attached hydrogen (secondary N) is 1. The number of hydrogen-bond acceptors (Lipinski definition) is 3. The molecule has 0 aliphatic rings. The zero-order valence-corrected chi connectivity index (χ0v) is 6.29. The van der Waals surface area contributed by atoms with Gasteiger partial charge in [-0.25, -0.2) is 0 Å². The van der Waals surface area contributed by atoms with Gasteiger partial charge in [-0.3, -0.25) is 10.1 Å². The monoisotopic (exact) mass is 146 g/mol. The molecule has 10 heavy (non-hydrogen) atoms. The van der Waals surface area contributed by atoms with Crippen molar-refractivity contribution in [2.75, 3.05) is 6.73 Å². The number of aliphatic hydroxyl groups is 1. The molecule has 0 spiro atoms. The number of carbonyl (C=O) groups is 1. The fourth-order valence-corrected chi connectivity index (χ4v) is 0.763. The predicted octanol–water partition coefficient (Wildman–Crippen LogP) is -0.964. The molecule has 4 N–H and O–H groups in total. The molecule has 1 amide bonds. The van der Waals surface area contributed by atoms with Crippen LogP contribution in [0.15, 0.2) is 0 Å². The Balaban J connectivity index is 3.85. The third-order valence-electron chi connectivity index (χ3n) is 1.28. The van der Waals surface area contributed by atoms with E-state index in [4.69, 9.17) is 10.8 Å². The zero-order valence-electron chi connectivity index (χ0n) is 6.29. The van der Waals surface area contributed by atoms with Crippen LogP contribution in [0.4, 0.5) is 0 Å². The van der Waals surface area contributed by atoms with E-state index in [0.29, 0.717) is 0 Å². The Morgan fingerprint density at radius 1 is 1.70 bits per heavy atom. The fraction of sp³-hybridized carbons (Fsp3) is 0.833. The summed E-state index contributed by atoms with van der Waals surface area (Å²) in [5.74, 6) is -0.311. The highest BCUT2D eigenvalue weighted by Crippen LogP contribution is 1.98. The van der Waals surface area contributed by atoms with E-state index in [9.17, 15) is 4.79 Å². The number of primary amides is 1.